The number of aromatic nitrogens is 2. The summed E-state index contributed by atoms with van der Waals surface area (Å²) in [4.78, 5) is 31.6. The van der Waals surface area contributed by atoms with Crippen molar-refractivity contribution in [3.8, 4) is 0 Å². The lowest BCUT2D eigenvalue weighted by Gasteiger charge is -2.18. The predicted molar refractivity (Wildman–Crippen MR) is 66.1 cm³/mol. The van der Waals surface area contributed by atoms with E-state index in [2.05, 4.69) is 9.97 Å². The predicted octanol–water partition coefficient (Wildman–Crippen LogP) is 0.204. The molecule has 0 aromatic carbocycles. The number of nitrogen functional groups attached to an aromatic ring is 1. The third-order valence-corrected chi connectivity index (χ3v) is 3.14. The number of hydrogen-bond donors (Lipinski definition) is 2. The standard InChI is InChI=1S/C9H9Cl2N5O2/c10-6-5(7(11)15-9(13)14-6)16-2-3(8(12)18)1-4(16)17/h3H,1-2H2,(H2,12,18)(H2,13,14,15). The second-order valence-corrected chi connectivity index (χ2v) is 4.54. The van der Waals surface area contributed by atoms with Crippen LogP contribution in [-0.2, 0) is 9.59 Å². The Morgan fingerprint density at radius 3 is 2.33 bits per heavy atom. The first-order valence-corrected chi connectivity index (χ1v) is 5.74. The second kappa shape index (κ2) is 4.58. The number of nitrogens with two attached hydrogens (primary N) is 2. The van der Waals surface area contributed by atoms with Gasteiger partial charge in [-0.05, 0) is 0 Å². The molecule has 1 aliphatic heterocycles. The number of hydrogen-bond acceptors (Lipinski definition) is 5. The minimum Gasteiger partial charge on any atom is -0.369 e. The van der Waals surface area contributed by atoms with Gasteiger partial charge in [-0.3, -0.25) is 9.59 Å². The van der Waals surface area contributed by atoms with Crippen molar-refractivity contribution in [2.45, 2.75) is 6.42 Å². The van der Waals surface area contributed by atoms with Crippen LogP contribution in [0.25, 0.3) is 0 Å². The summed E-state index contributed by atoms with van der Waals surface area (Å²) in [7, 11) is 0. The molecule has 1 aliphatic rings. The Morgan fingerprint density at radius 2 is 1.89 bits per heavy atom. The molecule has 7 nitrogen and oxygen atoms in total. The molecular weight excluding hydrogens is 281 g/mol. The fourth-order valence-electron chi connectivity index (χ4n) is 1.75. The summed E-state index contributed by atoms with van der Waals surface area (Å²) in [5, 5.41) is -0.0723. The zero-order valence-electron chi connectivity index (χ0n) is 9.06. The molecule has 1 aromatic heterocycles. The van der Waals surface area contributed by atoms with Crippen LogP contribution in [-0.4, -0.2) is 28.3 Å². The molecule has 2 heterocycles. The van der Waals surface area contributed by atoms with E-state index < -0.39 is 11.8 Å². The molecule has 1 aromatic rings. The van der Waals surface area contributed by atoms with Gasteiger partial charge in [-0.25, -0.2) is 0 Å². The fraction of sp³-hybridized carbons (Fsp3) is 0.333. The van der Waals surface area contributed by atoms with Gasteiger partial charge in [0, 0.05) is 13.0 Å². The van der Waals surface area contributed by atoms with Crippen LogP contribution < -0.4 is 16.4 Å². The van der Waals surface area contributed by atoms with Crippen LogP contribution in [0.15, 0.2) is 0 Å². The van der Waals surface area contributed by atoms with Gasteiger partial charge >= 0.3 is 0 Å². The van der Waals surface area contributed by atoms with E-state index in [0.717, 1.165) is 0 Å². The summed E-state index contributed by atoms with van der Waals surface area (Å²) in [6.45, 7) is 0.112. The zero-order chi connectivity index (χ0) is 13.4. The minimum atomic E-state index is -0.567. The number of anilines is 2. The van der Waals surface area contributed by atoms with Gasteiger partial charge in [0.2, 0.25) is 17.8 Å². The Balaban J connectivity index is 2.39. The highest BCUT2D eigenvalue weighted by Gasteiger charge is 2.36. The summed E-state index contributed by atoms with van der Waals surface area (Å²) in [6.07, 6.45) is 0.0202. The van der Waals surface area contributed by atoms with Gasteiger partial charge in [-0.2, -0.15) is 9.97 Å². The third kappa shape index (κ3) is 2.19. The van der Waals surface area contributed by atoms with Crippen LogP contribution >= 0.6 is 23.2 Å². The van der Waals surface area contributed by atoms with E-state index >= 15 is 0 Å². The highest BCUT2D eigenvalue weighted by Crippen LogP contribution is 2.35. The minimum absolute atomic E-state index is 0.0202. The molecular formula is C9H9Cl2N5O2. The molecule has 1 fully saturated rings. The normalized spacial score (nSPS) is 19.3. The molecule has 0 aliphatic carbocycles. The first-order valence-electron chi connectivity index (χ1n) is 4.98. The van der Waals surface area contributed by atoms with Gasteiger partial charge in [-0.1, -0.05) is 23.2 Å². The van der Waals surface area contributed by atoms with Crippen molar-refractivity contribution in [1.82, 2.24) is 9.97 Å². The summed E-state index contributed by atoms with van der Waals surface area (Å²) in [5.41, 5.74) is 10.7. The van der Waals surface area contributed by atoms with Crippen molar-refractivity contribution in [3.05, 3.63) is 10.3 Å². The quantitative estimate of drug-likeness (QED) is 0.755. The number of amides is 2. The summed E-state index contributed by atoms with van der Waals surface area (Å²) in [6, 6.07) is 0. The number of halogens is 2. The molecule has 1 saturated heterocycles. The molecule has 1 unspecified atom stereocenters. The number of rotatable bonds is 2. The Hall–Kier alpha value is -1.60. The van der Waals surface area contributed by atoms with Gasteiger partial charge < -0.3 is 16.4 Å². The number of primary amides is 1. The van der Waals surface area contributed by atoms with Crippen LogP contribution in [0.5, 0.6) is 0 Å². The lowest BCUT2D eigenvalue weighted by molar-refractivity contribution is -0.123. The molecule has 4 N–H and O–H groups in total. The van der Waals surface area contributed by atoms with Crippen LogP contribution in [0.2, 0.25) is 10.3 Å². The maximum atomic E-state index is 11.8. The van der Waals surface area contributed by atoms with Crippen molar-refractivity contribution in [1.29, 1.82) is 0 Å². The Labute approximate surface area is 112 Å². The van der Waals surface area contributed by atoms with Crippen molar-refractivity contribution in [2.24, 2.45) is 11.7 Å². The highest BCUT2D eigenvalue weighted by atomic mass is 35.5. The molecule has 0 bridgehead atoms. The van der Waals surface area contributed by atoms with E-state index in [1.165, 1.54) is 4.90 Å². The van der Waals surface area contributed by atoms with Crippen LogP contribution in [0.3, 0.4) is 0 Å². The van der Waals surface area contributed by atoms with Gasteiger partial charge in [0.25, 0.3) is 0 Å². The van der Waals surface area contributed by atoms with Crippen molar-refractivity contribution < 1.29 is 9.59 Å². The molecule has 18 heavy (non-hydrogen) atoms. The maximum absolute atomic E-state index is 11.8. The van der Waals surface area contributed by atoms with E-state index in [1.54, 1.807) is 0 Å². The first kappa shape index (κ1) is 12.8. The zero-order valence-corrected chi connectivity index (χ0v) is 10.6. The Bertz CT molecular complexity index is 513. The molecule has 0 saturated carbocycles. The van der Waals surface area contributed by atoms with E-state index in [9.17, 15) is 9.59 Å². The lowest BCUT2D eigenvalue weighted by Crippen LogP contribution is -2.29. The second-order valence-electron chi connectivity index (χ2n) is 3.82. The van der Waals surface area contributed by atoms with Crippen LogP contribution in [0, 0.1) is 5.92 Å². The molecule has 0 spiro atoms. The van der Waals surface area contributed by atoms with Gasteiger partial charge in [0.05, 0.1) is 5.92 Å². The maximum Gasteiger partial charge on any atom is 0.228 e. The smallest absolute Gasteiger partial charge is 0.228 e. The van der Waals surface area contributed by atoms with E-state index in [1.807, 2.05) is 0 Å². The third-order valence-electron chi connectivity index (χ3n) is 2.61. The number of carbonyl (C=O) groups is 2. The van der Waals surface area contributed by atoms with Crippen molar-refractivity contribution >= 4 is 46.7 Å². The molecule has 96 valence electrons. The SMILES string of the molecule is NC(=O)C1CC(=O)N(c2c(Cl)nc(N)nc2Cl)C1. The summed E-state index contributed by atoms with van der Waals surface area (Å²) in [5.74, 6) is -1.51. The van der Waals surface area contributed by atoms with E-state index in [-0.39, 0.29) is 40.8 Å². The van der Waals surface area contributed by atoms with Crippen LogP contribution in [0.1, 0.15) is 6.42 Å². The van der Waals surface area contributed by atoms with Gasteiger partial charge in [0.1, 0.15) is 5.69 Å². The lowest BCUT2D eigenvalue weighted by atomic mass is 10.1. The van der Waals surface area contributed by atoms with Gasteiger partial charge in [-0.15, -0.1) is 0 Å². The first-order chi connectivity index (χ1) is 8.40. The largest absolute Gasteiger partial charge is 0.369 e. The molecule has 2 amide bonds. The molecule has 0 radical (unpaired) electrons. The molecule has 9 heteroatoms. The van der Waals surface area contributed by atoms with E-state index in [0.29, 0.717) is 0 Å². The summed E-state index contributed by atoms with van der Waals surface area (Å²) >= 11 is 11.8. The van der Waals surface area contributed by atoms with E-state index in [4.69, 9.17) is 34.7 Å². The fourth-order valence-corrected chi connectivity index (χ4v) is 2.36. The average Bonchev–Trinajstić information content (AvgIpc) is 2.59. The van der Waals surface area contributed by atoms with Crippen molar-refractivity contribution in [3.63, 3.8) is 0 Å². The molecule has 1 atom stereocenters. The highest BCUT2D eigenvalue weighted by molar-refractivity contribution is 6.38. The average molecular weight is 290 g/mol. The van der Waals surface area contributed by atoms with Crippen molar-refractivity contribution in [2.75, 3.05) is 17.2 Å². The van der Waals surface area contributed by atoms with Gasteiger partial charge in [0.15, 0.2) is 10.3 Å². The number of nitrogens with zero attached hydrogens (tertiary/aromatic N) is 3. The number of carbonyl (C=O) groups excluding carboxylic acids is 2. The monoisotopic (exact) mass is 289 g/mol. The summed E-state index contributed by atoms with van der Waals surface area (Å²) < 4.78 is 0. The Kier molecular flexibility index (Phi) is 3.27. The van der Waals surface area contributed by atoms with Crippen LogP contribution in [0.4, 0.5) is 11.6 Å². The molecule has 2 rings (SSSR count). The topological polar surface area (TPSA) is 115 Å². The Morgan fingerprint density at radius 1 is 1.33 bits per heavy atom.